The molecule has 14 heteroatoms. The third kappa shape index (κ3) is 14.7. The van der Waals surface area contributed by atoms with Crippen LogP contribution in [0.4, 0.5) is 0 Å². The van der Waals surface area contributed by atoms with E-state index in [4.69, 9.17) is 5.73 Å². The van der Waals surface area contributed by atoms with Crippen LogP contribution in [-0.4, -0.2) is 78.7 Å². The molecule has 1 fully saturated rings. The third-order valence-electron chi connectivity index (χ3n) is 7.62. The smallest absolute Gasteiger partial charge is 0.326 e. The second-order valence-corrected chi connectivity index (χ2v) is 11.3. The molecule has 0 saturated heterocycles. The van der Waals surface area contributed by atoms with Gasteiger partial charge in [-0.25, -0.2) is 4.79 Å². The van der Waals surface area contributed by atoms with E-state index in [0.29, 0.717) is 50.6 Å². The molecule has 0 bridgehead atoms. The summed E-state index contributed by atoms with van der Waals surface area (Å²) in [6.07, 6.45) is 3.47. The Morgan fingerprint density at radius 2 is 1.36 bits per heavy atom. The maximum absolute atomic E-state index is 12.3. The fourth-order valence-corrected chi connectivity index (χ4v) is 4.98. The predicted molar refractivity (Wildman–Crippen MR) is 164 cm³/mol. The first-order valence-electron chi connectivity index (χ1n) is 15.4. The van der Waals surface area contributed by atoms with Gasteiger partial charge >= 0.3 is 5.97 Å². The molecule has 1 atom stereocenters. The fraction of sp³-hybridized carbons (Fsp3) is 0.581. The minimum atomic E-state index is -1.17. The zero-order valence-electron chi connectivity index (χ0n) is 25.8. The summed E-state index contributed by atoms with van der Waals surface area (Å²) in [6, 6.07) is 6.10. The number of hydrogen-bond acceptors (Lipinski definition) is 7. The molecule has 14 nitrogen and oxygen atoms in total. The lowest BCUT2D eigenvalue weighted by molar-refractivity contribution is -0.142. The minimum Gasteiger partial charge on any atom is -0.480 e. The average molecular weight is 631 g/mol. The Balaban J connectivity index is 1.51. The summed E-state index contributed by atoms with van der Waals surface area (Å²) in [5.74, 6) is -3.47. The van der Waals surface area contributed by atoms with E-state index >= 15 is 0 Å². The van der Waals surface area contributed by atoms with E-state index in [9.17, 15) is 38.7 Å². The van der Waals surface area contributed by atoms with E-state index in [1.54, 1.807) is 18.2 Å². The Morgan fingerprint density at radius 3 is 1.93 bits per heavy atom. The van der Waals surface area contributed by atoms with Crippen molar-refractivity contribution < 1.29 is 38.7 Å². The van der Waals surface area contributed by atoms with Gasteiger partial charge in [-0.1, -0.05) is 17.7 Å². The van der Waals surface area contributed by atoms with Gasteiger partial charge in [0, 0.05) is 62.8 Å². The van der Waals surface area contributed by atoms with Crippen molar-refractivity contribution >= 4 is 41.4 Å². The molecule has 1 aromatic rings. The molecule has 0 heterocycles. The summed E-state index contributed by atoms with van der Waals surface area (Å²) in [7, 11) is 0. The maximum atomic E-state index is 12.3. The van der Waals surface area contributed by atoms with Gasteiger partial charge in [-0.05, 0) is 64.0 Å². The number of aryl methyl sites for hydroxylation is 1. The highest BCUT2D eigenvalue weighted by molar-refractivity contribution is 5.94. The first kappa shape index (κ1) is 36.7. The average Bonchev–Trinajstić information content (AvgIpc) is 3.00. The van der Waals surface area contributed by atoms with Gasteiger partial charge in [-0.3, -0.25) is 28.8 Å². The lowest BCUT2D eigenvalue weighted by Gasteiger charge is -2.25. The summed E-state index contributed by atoms with van der Waals surface area (Å²) in [4.78, 5) is 83.5. The molecule has 1 unspecified atom stereocenters. The van der Waals surface area contributed by atoms with E-state index in [1.807, 2.05) is 13.0 Å². The van der Waals surface area contributed by atoms with Gasteiger partial charge in [0.1, 0.15) is 6.04 Å². The Morgan fingerprint density at radius 1 is 0.778 bits per heavy atom. The van der Waals surface area contributed by atoms with E-state index in [2.05, 4.69) is 26.6 Å². The topological polar surface area (TPSA) is 226 Å². The van der Waals surface area contributed by atoms with Crippen molar-refractivity contribution in [3.8, 4) is 0 Å². The van der Waals surface area contributed by atoms with Gasteiger partial charge in [-0.2, -0.15) is 0 Å². The predicted octanol–water partition coefficient (Wildman–Crippen LogP) is 0.275. The van der Waals surface area contributed by atoms with Crippen molar-refractivity contribution in [2.75, 3.05) is 26.2 Å². The van der Waals surface area contributed by atoms with E-state index in [-0.39, 0.29) is 86.7 Å². The summed E-state index contributed by atoms with van der Waals surface area (Å²) >= 11 is 0. The Bertz CT molecular complexity index is 1200. The molecule has 8 N–H and O–H groups in total. The lowest BCUT2D eigenvalue weighted by atomic mass is 9.81. The molecule has 1 saturated carbocycles. The summed E-state index contributed by atoms with van der Waals surface area (Å²) < 4.78 is 0. The standard InChI is InChI=1S/C31H46N6O8/c1-20-5-4-6-23(19-20)30(43)35-15-3-2-7-24(31(44)45)37-27(40)14-17-34-25(38)12-16-33-26(39)13-18-36-29(42)22-10-8-21(9-11-22)28(32)41/h4-6,19,21-22,24H,2-3,7-18H2,1H3,(H2,32,41)(H,33,39)(H,34,38)(H,35,43)(H,36,42)(H,37,40)(H,44,45). The first-order chi connectivity index (χ1) is 21.5. The number of unbranched alkanes of at least 4 members (excludes halogenated alkanes) is 1. The SMILES string of the molecule is Cc1cccc(C(=O)NCCCCC(NC(=O)CCNC(=O)CCNC(=O)CCNC(=O)C2CCC(C(N)=O)CC2)C(=O)O)c1. The largest absolute Gasteiger partial charge is 0.480 e. The van der Waals surface area contributed by atoms with Crippen LogP contribution in [0.1, 0.15) is 80.1 Å². The number of carboxylic acids is 1. The quantitative estimate of drug-likeness (QED) is 0.105. The van der Waals surface area contributed by atoms with Crippen molar-refractivity contribution in [1.29, 1.82) is 0 Å². The number of primary amides is 1. The molecule has 248 valence electrons. The second kappa shape index (κ2) is 19.7. The number of nitrogens with two attached hydrogens (primary N) is 1. The zero-order chi connectivity index (χ0) is 33.2. The molecule has 2 rings (SSSR count). The van der Waals surface area contributed by atoms with E-state index in [0.717, 1.165) is 5.56 Å². The molecule has 1 aromatic carbocycles. The monoisotopic (exact) mass is 630 g/mol. The number of carbonyl (C=O) groups is 7. The molecular formula is C31H46N6O8. The van der Waals surface area contributed by atoms with Gasteiger partial charge in [-0.15, -0.1) is 0 Å². The highest BCUT2D eigenvalue weighted by atomic mass is 16.4. The van der Waals surface area contributed by atoms with E-state index in [1.165, 1.54) is 0 Å². The maximum Gasteiger partial charge on any atom is 0.326 e. The highest BCUT2D eigenvalue weighted by Gasteiger charge is 2.28. The molecule has 1 aliphatic rings. The minimum absolute atomic E-state index is 0.00330. The van der Waals surface area contributed by atoms with Crippen LogP contribution in [0.2, 0.25) is 0 Å². The third-order valence-corrected chi connectivity index (χ3v) is 7.62. The number of carbonyl (C=O) groups excluding carboxylic acids is 6. The summed E-state index contributed by atoms with van der Waals surface area (Å²) in [6.45, 7) is 2.50. The Labute approximate surface area is 263 Å². The van der Waals surface area contributed by atoms with Crippen LogP contribution in [-0.2, 0) is 28.8 Å². The highest BCUT2D eigenvalue weighted by Crippen LogP contribution is 2.28. The van der Waals surface area contributed by atoms with Crippen LogP contribution in [0.15, 0.2) is 24.3 Å². The molecule has 0 radical (unpaired) electrons. The molecule has 0 aromatic heterocycles. The van der Waals surface area contributed by atoms with Crippen molar-refractivity contribution in [3.05, 3.63) is 35.4 Å². The number of benzene rings is 1. The van der Waals surface area contributed by atoms with Crippen LogP contribution >= 0.6 is 0 Å². The van der Waals surface area contributed by atoms with Gasteiger partial charge in [0.25, 0.3) is 5.91 Å². The lowest BCUT2D eigenvalue weighted by Crippen LogP contribution is -2.42. The summed E-state index contributed by atoms with van der Waals surface area (Å²) in [5, 5.41) is 22.6. The van der Waals surface area contributed by atoms with Crippen LogP contribution in [0.5, 0.6) is 0 Å². The van der Waals surface area contributed by atoms with Crippen LogP contribution in [0.25, 0.3) is 0 Å². The summed E-state index contributed by atoms with van der Waals surface area (Å²) in [5.41, 5.74) is 6.84. The number of carboxylic acid groups (broad SMARTS) is 1. The van der Waals surface area contributed by atoms with Gasteiger partial charge in [0.05, 0.1) is 0 Å². The second-order valence-electron chi connectivity index (χ2n) is 11.3. The van der Waals surface area contributed by atoms with Gasteiger partial charge in [0.15, 0.2) is 0 Å². The Kier molecular flexibility index (Phi) is 16.1. The number of nitrogens with one attached hydrogen (secondary N) is 5. The number of amides is 6. The molecule has 6 amide bonds. The van der Waals surface area contributed by atoms with Crippen molar-refractivity contribution in [1.82, 2.24) is 26.6 Å². The molecule has 0 spiro atoms. The van der Waals surface area contributed by atoms with Gasteiger partial charge in [0.2, 0.25) is 29.5 Å². The zero-order valence-corrected chi connectivity index (χ0v) is 25.8. The van der Waals surface area contributed by atoms with Crippen molar-refractivity contribution in [3.63, 3.8) is 0 Å². The van der Waals surface area contributed by atoms with E-state index < -0.39 is 17.9 Å². The molecule has 0 aliphatic heterocycles. The van der Waals surface area contributed by atoms with Crippen LogP contribution < -0.4 is 32.3 Å². The van der Waals surface area contributed by atoms with Crippen LogP contribution in [0, 0.1) is 18.8 Å². The van der Waals surface area contributed by atoms with Gasteiger partial charge < -0.3 is 37.4 Å². The fourth-order valence-electron chi connectivity index (χ4n) is 4.98. The first-order valence-corrected chi connectivity index (χ1v) is 15.4. The Hall–Kier alpha value is -4.49. The molecular weight excluding hydrogens is 584 g/mol. The van der Waals surface area contributed by atoms with Crippen molar-refractivity contribution in [2.45, 2.75) is 77.2 Å². The number of hydrogen-bond donors (Lipinski definition) is 7. The molecule has 45 heavy (non-hydrogen) atoms. The van der Waals surface area contributed by atoms with Crippen molar-refractivity contribution in [2.24, 2.45) is 17.6 Å². The molecule has 1 aliphatic carbocycles. The van der Waals surface area contributed by atoms with Crippen LogP contribution in [0.3, 0.4) is 0 Å². The normalized spacial score (nSPS) is 16.5. The number of rotatable bonds is 19. The number of aliphatic carboxylic acids is 1.